The molecule has 1 saturated heterocycles. The summed E-state index contributed by atoms with van der Waals surface area (Å²) < 4.78 is 2.27. The number of rotatable bonds is 2. The van der Waals surface area contributed by atoms with Crippen LogP contribution in [0, 0.1) is 0 Å². The van der Waals surface area contributed by atoms with Gasteiger partial charge < -0.3 is 5.73 Å². The SMILES string of the molecule is NCc1c2c(nn1C1CCSCC1)CCC2. The fourth-order valence-electron chi connectivity index (χ4n) is 2.93. The van der Waals surface area contributed by atoms with E-state index in [1.54, 1.807) is 0 Å². The molecule has 88 valence electrons. The van der Waals surface area contributed by atoms with Crippen LogP contribution in [0.15, 0.2) is 0 Å². The third-order valence-corrected chi connectivity index (χ3v) is 4.82. The molecule has 0 aromatic carbocycles. The van der Waals surface area contributed by atoms with E-state index >= 15 is 0 Å². The van der Waals surface area contributed by atoms with Crippen LogP contribution in [0.25, 0.3) is 0 Å². The van der Waals surface area contributed by atoms with Crippen LogP contribution in [0.1, 0.15) is 42.3 Å². The van der Waals surface area contributed by atoms with Gasteiger partial charge in [0.15, 0.2) is 0 Å². The van der Waals surface area contributed by atoms with E-state index in [0.29, 0.717) is 12.6 Å². The van der Waals surface area contributed by atoms with E-state index in [2.05, 4.69) is 16.4 Å². The van der Waals surface area contributed by atoms with E-state index in [0.717, 1.165) is 6.42 Å². The summed E-state index contributed by atoms with van der Waals surface area (Å²) in [6.07, 6.45) is 6.16. The van der Waals surface area contributed by atoms with Gasteiger partial charge in [0.05, 0.1) is 17.4 Å². The van der Waals surface area contributed by atoms with Gasteiger partial charge in [-0.25, -0.2) is 0 Å². The molecule has 1 fully saturated rings. The summed E-state index contributed by atoms with van der Waals surface area (Å²) in [7, 11) is 0. The number of aromatic nitrogens is 2. The predicted molar refractivity (Wildman–Crippen MR) is 67.7 cm³/mol. The quantitative estimate of drug-likeness (QED) is 0.854. The highest BCUT2D eigenvalue weighted by atomic mass is 32.2. The predicted octanol–water partition coefficient (Wildman–Crippen LogP) is 1.90. The van der Waals surface area contributed by atoms with Crippen LogP contribution < -0.4 is 5.73 Å². The van der Waals surface area contributed by atoms with Gasteiger partial charge in [0.1, 0.15) is 0 Å². The molecule has 0 amide bonds. The number of fused-ring (bicyclic) bond motifs is 1. The second-order valence-corrected chi connectivity index (χ2v) is 5.94. The van der Waals surface area contributed by atoms with Gasteiger partial charge in [0.2, 0.25) is 0 Å². The zero-order valence-corrected chi connectivity index (χ0v) is 10.4. The summed E-state index contributed by atoms with van der Waals surface area (Å²) in [6.45, 7) is 0.659. The molecule has 1 aliphatic heterocycles. The standard InChI is InChI=1S/C12H19N3S/c13-8-12-10-2-1-3-11(10)14-15(12)9-4-6-16-7-5-9/h9H,1-8,13H2. The molecule has 4 heteroatoms. The monoisotopic (exact) mass is 237 g/mol. The number of nitrogens with zero attached hydrogens (tertiary/aromatic N) is 2. The number of aryl methyl sites for hydroxylation is 1. The Balaban J connectivity index is 1.93. The lowest BCUT2D eigenvalue weighted by atomic mass is 10.1. The minimum atomic E-state index is 0.616. The summed E-state index contributed by atoms with van der Waals surface area (Å²) in [6, 6.07) is 0.616. The maximum absolute atomic E-state index is 5.91. The van der Waals surface area contributed by atoms with Gasteiger partial charge in [0, 0.05) is 6.54 Å². The van der Waals surface area contributed by atoms with Gasteiger partial charge in [-0.05, 0) is 49.2 Å². The molecule has 2 aliphatic rings. The van der Waals surface area contributed by atoms with Gasteiger partial charge >= 0.3 is 0 Å². The molecule has 0 atom stereocenters. The lowest BCUT2D eigenvalue weighted by molar-refractivity contribution is 0.409. The number of hydrogen-bond acceptors (Lipinski definition) is 3. The molecule has 3 rings (SSSR count). The van der Waals surface area contributed by atoms with E-state index in [4.69, 9.17) is 10.8 Å². The minimum absolute atomic E-state index is 0.616. The second kappa shape index (κ2) is 4.41. The van der Waals surface area contributed by atoms with Crippen molar-refractivity contribution in [1.29, 1.82) is 0 Å². The van der Waals surface area contributed by atoms with Crippen LogP contribution in [0.3, 0.4) is 0 Å². The normalized spacial score (nSPS) is 21.3. The molecule has 3 nitrogen and oxygen atoms in total. The van der Waals surface area contributed by atoms with E-state index < -0.39 is 0 Å². The average molecular weight is 237 g/mol. The Bertz CT molecular complexity index is 380. The fraction of sp³-hybridized carbons (Fsp3) is 0.750. The first-order chi connectivity index (χ1) is 7.90. The largest absolute Gasteiger partial charge is 0.325 e. The molecule has 0 radical (unpaired) electrons. The first-order valence-corrected chi connectivity index (χ1v) is 7.42. The van der Waals surface area contributed by atoms with Crippen LogP contribution in [0.4, 0.5) is 0 Å². The molecule has 2 heterocycles. The van der Waals surface area contributed by atoms with Gasteiger partial charge in [-0.3, -0.25) is 4.68 Å². The molecule has 1 aromatic heterocycles. The summed E-state index contributed by atoms with van der Waals surface area (Å²) in [5.74, 6) is 2.55. The van der Waals surface area contributed by atoms with E-state index in [1.165, 1.54) is 54.1 Å². The third-order valence-electron chi connectivity index (χ3n) is 3.77. The number of thioether (sulfide) groups is 1. The highest BCUT2D eigenvalue weighted by Crippen LogP contribution is 2.32. The van der Waals surface area contributed by atoms with Crippen LogP contribution in [-0.2, 0) is 19.4 Å². The maximum Gasteiger partial charge on any atom is 0.0660 e. The zero-order valence-electron chi connectivity index (χ0n) is 9.61. The van der Waals surface area contributed by atoms with Gasteiger partial charge in [-0.2, -0.15) is 16.9 Å². The van der Waals surface area contributed by atoms with Gasteiger partial charge in [-0.15, -0.1) is 0 Å². The Kier molecular flexibility index (Phi) is 2.94. The topological polar surface area (TPSA) is 43.8 Å². The third kappa shape index (κ3) is 1.68. The van der Waals surface area contributed by atoms with Crippen molar-refractivity contribution in [2.45, 2.75) is 44.7 Å². The second-order valence-electron chi connectivity index (χ2n) is 4.72. The Hall–Kier alpha value is -0.480. The van der Waals surface area contributed by atoms with E-state index in [9.17, 15) is 0 Å². The first kappa shape index (κ1) is 10.7. The van der Waals surface area contributed by atoms with Gasteiger partial charge in [0.25, 0.3) is 0 Å². The Morgan fingerprint density at radius 3 is 2.88 bits per heavy atom. The molecule has 0 saturated carbocycles. The smallest absolute Gasteiger partial charge is 0.0660 e. The Morgan fingerprint density at radius 2 is 2.12 bits per heavy atom. The van der Waals surface area contributed by atoms with Crippen molar-refractivity contribution in [3.05, 3.63) is 17.0 Å². The van der Waals surface area contributed by atoms with E-state index in [-0.39, 0.29) is 0 Å². The molecule has 2 N–H and O–H groups in total. The molecule has 16 heavy (non-hydrogen) atoms. The number of nitrogens with two attached hydrogens (primary N) is 1. The van der Waals surface area contributed by atoms with Crippen molar-refractivity contribution >= 4 is 11.8 Å². The zero-order chi connectivity index (χ0) is 11.0. The van der Waals surface area contributed by atoms with E-state index in [1.807, 2.05) is 0 Å². The van der Waals surface area contributed by atoms with Crippen LogP contribution in [-0.4, -0.2) is 21.3 Å². The average Bonchev–Trinajstić information content (AvgIpc) is 2.89. The van der Waals surface area contributed by atoms with Gasteiger partial charge in [-0.1, -0.05) is 0 Å². The Morgan fingerprint density at radius 1 is 1.31 bits per heavy atom. The van der Waals surface area contributed by atoms with Crippen LogP contribution in [0.2, 0.25) is 0 Å². The van der Waals surface area contributed by atoms with Crippen molar-refractivity contribution in [2.75, 3.05) is 11.5 Å². The maximum atomic E-state index is 5.91. The molecule has 1 aromatic rings. The summed E-state index contributed by atoms with van der Waals surface area (Å²) in [4.78, 5) is 0. The minimum Gasteiger partial charge on any atom is -0.325 e. The fourth-order valence-corrected chi connectivity index (χ4v) is 4.01. The summed E-state index contributed by atoms with van der Waals surface area (Å²) >= 11 is 2.07. The summed E-state index contributed by atoms with van der Waals surface area (Å²) in [5, 5.41) is 4.81. The lowest BCUT2D eigenvalue weighted by Crippen LogP contribution is -2.20. The van der Waals surface area contributed by atoms with Crippen molar-refractivity contribution in [3.8, 4) is 0 Å². The van der Waals surface area contributed by atoms with Crippen molar-refractivity contribution < 1.29 is 0 Å². The molecular weight excluding hydrogens is 218 g/mol. The summed E-state index contributed by atoms with van der Waals surface area (Å²) in [5.41, 5.74) is 10.0. The highest BCUT2D eigenvalue weighted by molar-refractivity contribution is 7.99. The van der Waals surface area contributed by atoms with Crippen molar-refractivity contribution in [2.24, 2.45) is 5.73 Å². The Labute approximate surface area is 101 Å². The van der Waals surface area contributed by atoms with Crippen molar-refractivity contribution in [1.82, 2.24) is 9.78 Å². The molecule has 0 unspecified atom stereocenters. The lowest BCUT2D eigenvalue weighted by Gasteiger charge is -2.24. The molecule has 0 bridgehead atoms. The molecule has 0 spiro atoms. The van der Waals surface area contributed by atoms with Crippen LogP contribution in [0.5, 0.6) is 0 Å². The molecule has 1 aliphatic carbocycles. The molecular formula is C12H19N3S. The van der Waals surface area contributed by atoms with Crippen molar-refractivity contribution in [3.63, 3.8) is 0 Å². The highest BCUT2D eigenvalue weighted by Gasteiger charge is 2.25. The first-order valence-electron chi connectivity index (χ1n) is 6.27. The number of hydrogen-bond donors (Lipinski definition) is 1. The van der Waals surface area contributed by atoms with Crippen LogP contribution >= 0.6 is 11.8 Å².